The molecule has 0 aliphatic carbocycles. The molecule has 1 atom stereocenters. The van der Waals surface area contributed by atoms with Crippen molar-refractivity contribution in [1.82, 2.24) is 0 Å². The largest absolute Gasteiger partial charge is 0.504 e. The first-order valence-corrected chi connectivity index (χ1v) is 6.94. The van der Waals surface area contributed by atoms with Crippen LogP contribution < -0.4 is 9.47 Å². The molecule has 128 valence electrons. The Morgan fingerprint density at radius 1 is 1.17 bits per heavy atom. The van der Waals surface area contributed by atoms with E-state index in [0.717, 1.165) is 0 Å². The minimum Gasteiger partial charge on any atom is -0.504 e. The summed E-state index contributed by atoms with van der Waals surface area (Å²) in [5, 5.41) is 39.2. The van der Waals surface area contributed by atoms with Crippen molar-refractivity contribution in [2.24, 2.45) is 0 Å². The zero-order valence-corrected chi connectivity index (χ0v) is 13.6. The second kappa shape index (κ2) is 7.23. The lowest BCUT2D eigenvalue weighted by molar-refractivity contribution is -0.138. The summed E-state index contributed by atoms with van der Waals surface area (Å²) in [4.78, 5) is 10.6. The molecule has 0 heterocycles. The second-order valence-corrected chi connectivity index (χ2v) is 5.39. The highest BCUT2D eigenvalue weighted by Crippen LogP contribution is 2.48. The van der Waals surface area contributed by atoms with Gasteiger partial charge < -0.3 is 29.9 Å². The number of aromatic hydroxyl groups is 2. The molecule has 0 amide bonds. The van der Waals surface area contributed by atoms with E-state index >= 15 is 0 Å². The maximum Gasteiger partial charge on any atom is 0.303 e. The predicted octanol–water partition coefficient (Wildman–Crippen LogP) is 2.05. The van der Waals surface area contributed by atoms with Gasteiger partial charge in [-0.05, 0) is 20.3 Å². The van der Waals surface area contributed by atoms with Gasteiger partial charge in [0, 0.05) is 17.5 Å². The van der Waals surface area contributed by atoms with Crippen LogP contribution in [0.5, 0.6) is 23.0 Å². The number of aliphatic carboxylic acids is 1. The van der Waals surface area contributed by atoms with Crippen LogP contribution in [0.3, 0.4) is 0 Å². The van der Waals surface area contributed by atoms with Gasteiger partial charge in [-0.2, -0.15) is 0 Å². The standard InChI is InChI=1S/C16H22O7/c1-9-10(5-7-16(2,21)8-6-11(17)18)13(20)15(23-4)14(22-3)12(9)19/h5,7,19-21H,6,8H2,1-4H3,(H,17,18)/b7-5+. The summed E-state index contributed by atoms with van der Waals surface area (Å²) in [5.41, 5.74) is -0.791. The average molecular weight is 326 g/mol. The van der Waals surface area contributed by atoms with Crippen molar-refractivity contribution in [2.45, 2.75) is 32.3 Å². The van der Waals surface area contributed by atoms with Crippen LogP contribution in [0, 0.1) is 6.92 Å². The molecule has 0 fully saturated rings. The van der Waals surface area contributed by atoms with Crippen LogP contribution in [0.1, 0.15) is 30.9 Å². The highest BCUT2D eigenvalue weighted by Gasteiger charge is 2.23. The highest BCUT2D eigenvalue weighted by atomic mass is 16.5. The zero-order valence-electron chi connectivity index (χ0n) is 13.6. The monoisotopic (exact) mass is 326 g/mol. The molecule has 4 N–H and O–H groups in total. The van der Waals surface area contributed by atoms with E-state index in [0.29, 0.717) is 5.56 Å². The summed E-state index contributed by atoms with van der Waals surface area (Å²) in [6.07, 6.45) is 2.59. The number of hydrogen-bond acceptors (Lipinski definition) is 6. The molecule has 0 aliphatic rings. The molecule has 0 saturated heterocycles. The van der Waals surface area contributed by atoms with Crippen LogP contribution in [-0.2, 0) is 4.79 Å². The van der Waals surface area contributed by atoms with Crippen LogP contribution in [-0.4, -0.2) is 46.2 Å². The maximum atomic E-state index is 10.6. The molecule has 1 aromatic carbocycles. The van der Waals surface area contributed by atoms with Crippen molar-refractivity contribution in [3.63, 3.8) is 0 Å². The van der Waals surface area contributed by atoms with E-state index in [1.807, 2.05) is 0 Å². The number of aliphatic hydroxyl groups is 1. The fourth-order valence-corrected chi connectivity index (χ4v) is 2.10. The molecule has 0 aromatic heterocycles. The van der Waals surface area contributed by atoms with Gasteiger partial charge in [-0.25, -0.2) is 0 Å². The molecule has 1 unspecified atom stereocenters. The van der Waals surface area contributed by atoms with Crippen molar-refractivity contribution in [3.8, 4) is 23.0 Å². The molecule has 0 bridgehead atoms. The van der Waals surface area contributed by atoms with Crippen LogP contribution >= 0.6 is 0 Å². The lowest BCUT2D eigenvalue weighted by atomic mass is 9.96. The smallest absolute Gasteiger partial charge is 0.303 e. The third-order valence-electron chi connectivity index (χ3n) is 3.51. The topological polar surface area (TPSA) is 116 Å². The molecule has 7 nitrogen and oxygen atoms in total. The SMILES string of the molecule is COc1c(O)c(C)c(/C=C/C(C)(O)CCC(=O)O)c(O)c1OC. The zero-order chi connectivity index (χ0) is 17.8. The Morgan fingerprint density at radius 2 is 1.70 bits per heavy atom. The number of rotatable bonds is 7. The lowest BCUT2D eigenvalue weighted by Crippen LogP contribution is -2.21. The van der Waals surface area contributed by atoms with Gasteiger partial charge in [0.15, 0.2) is 11.5 Å². The Morgan fingerprint density at radius 3 is 2.17 bits per heavy atom. The van der Waals surface area contributed by atoms with E-state index < -0.39 is 11.6 Å². The summed E-state index contributed by atoms with van der Waals surface area (Å²) in [5.74, 6) is -1.46. The number of phenolic OH excluding ortho intramolecular Hbond substituents is 2. The Labute approximate surface area is 134 Å². The van der Waals surface area contributed by atoms with E-state index in [1.54, 1.807) is 6.92 Å². The Kier molecular flexibility index (Phi) is 5.86. The maximum absolute atomic E-state index is 10.6. The van der Waals surface area contributed by atoms with Crippen LogP contribution in [0.15, 0.2) is 6.08 Å². The quantitative estimate of drug-likeness (QED) is 0.567. The van der Waals surface area contributed by atoms with E-state index in [2.05, 4.69) is 0 Å². The summed E-state index contributed by atoms with van der Waals surface area (Å²) in [6, 6.07) is 0. The van der Waals surface area contributed by atoms with Crippen molar-refractivity contribution < 1.29 is 34.7 Å². The van der Waals surface area contributed by atoms with E-state index in [9.17, 15) is 20.1 Å². The van der Waals surface area contributed by atoms with Gasteiger partial charge in [0.25, 0.3) is 0 Å². The van der Waals surface area contributed by atoms with Gasteiger partial charge in [0.2, 0.25) is 11.5 Å². The molecule has 23 heavy (non-hydrogen) atoms. The highest BCUT2D eigenvalue weighted by molar-refractivity contribution is 5.74. The van der Waals surface area contributed by atoms with Gasteiger partial charge in [-0.3, -0.25) is 4.79 Å². The summed E-state index contributed by atoms with van der Waals surface area (Å²) in [7, 11) is 2.66. The molecule has 0 saturated carbocycles. The summed E-state index contributed by atoms with van der Waals surface area (Å²) < 4.78 is 10.1. The predicted molar refractivity (Wildman–Crippen MR) is 84.1 cm³/mol. The summed E-state index contributed by atoms with van der Waals surface area (Å²) in [6.45, 7) is 3.03. The number of carbonyl (C=O) groups is 1. The van der Waals surface area contributed by atoms with Crippen LogP contribution in [0.2, 0.25) is 0 Å². The van der Waals surface area contributed by atoms with Gasteiger partial charge in [0.05, 0.1) is 19.8 Å². The normalized spacial score (nSPS) is 13.8. The third kappa shape index (κ3) is 4.29. The minimum atomic E-state index is -1.37. The van der Waals surface area contributed by atoms with E-state index in [-0.39, 0.29) is 41.4 Å². The Balaban J connectivity index is 3.26. The number of phenols is 2. The molecule has 0 radical (unpaired) electrons. The van der Waals surface area contributed by atoms with Crippen molar-refractivity contribution in [2.75, 3.05) is 14.2 Å². The fraction of sp³-hybridized carbons (Fsp3) is 0.438. The van der Waals surface area contributed by atoms with Gasteiger partial charge >= 0.3 is 5.97 Å². The van der Waals surface area contributed by atoms with Crippen molar-refractivity contribution in [1.29, 1.82) is 0 Å². The van der Waals surface area contributed by atoms with Crippen molar-refractivity contribution >= 4 is 12.0 Å². The molecular weight excluding hydrogens is 304 g/mol. The molecular formula is C16H22O7. The Bertz CT molecular complexity index is 618. The van der Waals surface area contributed by atoms with Gasteiger partial charge in [-0.15, -0.1) is 0 Å². The van der Waals surface area contributed by atoms with Gasteiger partial charge in [-0.1, -0.05) is 12.2 Å². The first-order valence-electron chi connectivity index (χ1n) is 6.94. The summed E-state index contributed by atoms with van der Waals surface area (Å²) >= 11 is 0. The number of carboxylic acid groups (broad SMARTS) is 1. The van der Waals surface area contributed by atoms with E-state index in [1.165, 1.54) is 33.3 Å². The van der Waals surface area contributed by atoms with Crippen LogP contribution in [0.25, 0.3) is 6.08 Å². The molecule has 0 spiro atoms. The third-order valence-corrected chi connectivity index (χ3v) is 3.51. The number of hydrogen-bond donors (Lipinski definition) is 4. The number of methoxy groups -OCH3 is 2. The first-order chi connectivity index (χ1) is 10.6. The number of carboxylic acids is 1. The van der Waals surface area contributed by atoms with Crippen molar-refractivity contribution in [3.05, 3.63) is 17.2 Å². The molecule has 0 aliphatic heterocycles. The number of benzene rings is 1. The minimum absolute atomic E-state index is 0.0114. The molecule has 1 aromatic rings. The number of ether oxygens (including phenoxy) is 2. The molecule has 7 heteroatoms. The fourth-order valence-electron chi connectivity index (χ4n) is 2.10. The Hall–Kier alpha value is -2.41. The second-order valence-electron chi connectivity index (χ2n) is 5.39. The average Bonchev–Trinajstić information content (AvgIpc) is 2.48. The first kappa shape index (κ1) is 18.6. The lowest BCUT2D eigenvalue weighted by Gasteiger charge is -2.19. The van der Waals surface area contributed by atoms with Crippen LogP contribution in [0.4, 0.5) is 0 Å². The van der Waals surface area contributed by atoms with E-state index in [4.69, 9.17) is 14.6 Å². The van der Waals surface area contributed by atoms with Gasteiger partial charge in [0.1, 0.15) is 0 Å². The molecule has 1 rings (SSSR count).